The van der Waals surface area contributed by atoms with Gasteiger partial charge in [-0.25, -0.2) is 4.39 Å². The Bertz CT molecular complexity index is 620. The van der Waals surface area contributed by atoms with Crippen molar-refractivity contribution >= 4 is 5.91 Å². The first-order valence-electron chi connectivity index (χ1n) is 5.66. The molecule has 3 heteroatoms. The molecule has 92 valence electrons. The van der Waals surface area contributed by atoms with E-state index in [9.17, 15) is 9.18 Å². The third-order valence-electron chi connectivity index (χ3n) is 2.94. The molecule has 0 bridgehead atoms. The number of primary amides is 1. The zero-order valence-electron chi connectivity index (χ0n) is 10.3. The van der Waals surface area contributed by atoms with Gasteiger partial charge in [-0.1, -0.05) is 29.8 Å². The maximum Gasteiger partial charge on any atom is 0.251 e. The second-order valence-electron chi connectivity index (χ2n) is 4.38. The number of benzene rings is 2. The van der Waals surface area contributed by atoms with E-state index in [0.29, 0.717) is 0 Å². The van der Waals surface area contributed by atoms with Gasteiger partial charge in [0.05, 0.1) is 5.56 Å². The summed E-state index contributed by atoms with van der Waals surface area (Å²) in [5.41, 5.74) is 9.04. The highest BCUT2D eigenvalue weighted by Crippen LogP contribution is 2.26. The van der Waals surface area contributed by atoms with E-state index in [2.05, 4.69) is 0 Å². The van der Waals surface area contributed by atoms with Crippen LogP contribution in [0.3, 0.4) is 0 Å². The molecule has 0 atom stereocenters. The first kappa shape index (κ1) is 12.3. The zero-order valence-corrected chi connectivity index (χ0v) is 10.3. The van der Waals surface area contributed by atoms with Gasteiger partial charge < -0.3 is 5.73 Å². The molecule has 0 spiro atoms. The molecule has 2 N–H and O–H groups in total. The molecule has 18 heavy (non-hydrogen) atoms. The molecule has 2 rings (SSSR count). The lowest BCUT2D eigenvalue weighted by atomic mass is 9.97. The van der Waals surface area contributed by atoms with E-state index >= 15 is 0 Å². The quantitative estimate of drug-likeness (QED) is 0.864. The molecular formula is C15H14FNO. The molecule has 0 aliphatic rings. The minimum Gasteiger partial charge on any atom is -0.366 e. The van der Waals surface area contributed by atoms with E-state index in [-0.39, 0.29) is 5.56 Å². The highest BCUT2D eigenvalue weighted by molar-refractivity contribution is 5.94. The van der Waals surface area contributed by atoms with Crippen molar-refractivity contribution in [2.24, 2.45) is 5.73 Å². The number of amides is 1. The minimum atomic E-state index is -0.750. The van der Waals surface area contributed by atoms with Gasteiger partial charge in [0.1, 0.15) is 5.82 Å². The van der Waals surface area contributed by atoms with Crippen molar-refractivity contribution in [2.45, 2.75) is 13.8 Å². The second-order valence-corrected chi connectivity index (χ2v) is 4.38. The van der Waals surface area contributed by atoms with Gasteiger partial charge >= 0.3 is 0 Å². The third-order valence-corrected chi connectivity index (χ3v) is 2.94. The van der Waals surface area contributed by atoms with Crippen molar-refractivity contribution in [1.82, 2.24) is 0 Å². The van der Waals surface area contributed by atoms with Gasteiger partial charge in [0.25, 0.3) is 5.91 Å². The molecule has 0 unspecified atom stereocenters. The van der Waals surface area contributed by atoms with Gasteiger partial charge in [-0.2, -0.15) is 0 Å². The molecule has 2 nitrogen and oxygen atoms in total. The summed E-state index contributed by atoms with van der Waals surface area (Å²) in [4.78, 5) is 11.1. The average molecular weight is 243 g/mol. The minimum absolute atomic E-state index is 0.0755. The predicted octanol–water partition coefficient (Wildman–Crippen LogP) is 3.21. The molecule has 0 aromatic heterocycles. The Kier molecular flexibility index (Phi) is 3.15. The van der Waals surface area contributed by atoms with E-state index in [1.807, 2.05) is 32.0 Å². The van der Waals surface area contributed by atoms with Crippen LogP contribution in [0.2, 0.25) is 0 Å². The van der Waals surface area contributed by atoms with Crippen molar-refractivity contribution in [3.05, 3.63) is 58.9 Å². The summed E-state index contributed by atoms with van der Waals surface area (Å²) in [5.74, 6) is -1.34. The maximum atomic E-state index is 13.4. The van der Waals surface area contributed by atoms with Crippen LogP contribution < -0.4 is 5.73 Å². The molecular weight excluding hydrogens is 229 g/mol. The highest BCUT2D eigenvalue weighted by atomic mass is 19.1. The van der Waals surface area contributed by atoms with Gasteiger partial charge in [0, 0.05) is 0 Å². The Morgan fingerprint density at radius 1 is 1.11 bits per heavy atom. The van der Waals surface area contributed by atoms with Crippen molar-refractivity contribution < 1.29 is 9.18 Å². The van der Waals surface area contributed by atoms with Crippen LogP contribution in [0.5, 0.6) is 0 Å². The van der Waals surface area contributed by atoms with Crippen molar-refractivity contribution in [3.8, 4) is 11.1 Å². The Balaban J connectivity index is 2.61. The van der Waals surface area contributed by atoms with Crippen LogP contribution in [0.25, 0.3) is 11.1 Å². The van der Waals surface area contributed by atoms with E-state index in [1.54, 1.807) is 6.07 Å². The summed E-state index contributed by atoms with van der Waals surface area (Å²) in [7, 11) is 0. The zero-order chi connectivity index (χ0) is 13.3. The first-order valence-corrected chi connectivity index (χ1v) is 5.66. The normalized spacial score (nSPS) is 10.4. The molecule has 0 aliphatic heterocycles. The van der Waals surface area contributed by atoms with Crippen LogP contribution >= 0.6 is 0 Å². The lowest BCUT2D eigenvalue weighted by Gasteiger charge is -2.09. The Labute approximate surface area is 105 Å². The summed E-state index contributed by atoms with van der Waals surface area (Å²) < 4.78 is 13.4. The number of hydrogen-bond donors (Lipinski definition) is 1. The first-order chi connectivity index (χ1) is 8.49. The Morgan fingerprint density at radius 2 is 1.83 bits per heavy atom. The molecule has 0 radical (unpaired) electrons. The van der Waals surface area contributed by atoms with Crippen LogP contribution in [-0.2, 0) is 0 Å². The molecule has 0 saturated heterocycles. The number of nitrogens with two attached hydrogens (primary N) is 1. The van der Waals surface area contributed by atoms with Crippen LogP contribution in [0.1, 0.15) is 21.5 Å². The average Bonchev–Trinajstić information content (AvgIpc) is 2.33. The standard InChI is InChI=1S/C15H14FNO/c1-9-3-4-10(2)12(7-9)11-5-6-14(16)13(8-11)15(17)18/h3-8H,1-2H3,(H2,17,18). The SMILES string of the molecule is Cc1ccc(C)c(-c2ccc(F)c(C(N)=O)c2)c1. The van der Waals surface area contributed by atoms with Crippen LogP contribution in [-0.4, -0.2) is 5.91 Å². The molecule has 2 aromatic carbocycles. The van der Waals surface area contributed by atoms with E-state index in [4.69, 9.17) is 5.73 Å². The third kappa shape index (κ3) is 2.25. The van der Waals surface area contributed by atoms with Gasteiger partial charge in [-0.3, -0.25) is 4.79 Å². The molecule has 1 amide bonds. The number of halogens is 1. The van der Waals surface area contributed by atoms with Crippen LogP contribution in [0.15, 0.2) is 36.4 Å². The largest absolute Gasteiger partial charge is 0.366 e. The van der Waals surface area contributed by atoms with Crippen molar-refractivity contribution in [2.75, 3.05) is 0 Å². The molecule has 0 saturated carbocycles. The van der Waals surface area contributed by atoms with E-state index < -0.39 is 11.7 Å². The number of rotatable bonds is 2. The van der Waals surface area contributed by atoms with E-state index in [1.165, 1.54) is 12.1 Å². The monoisotopic (exact) mass is 243 g/mol. The lowest BCUT2D eigenvalue weighted by Crippen LogP contribution is -2.13. The smallest absolute Gasteiger partial charge is 0.251 e. The van der Waals surface area contributed by atoms with Crippen LogP contribution in [0, 0.1) is 19.7 Å². The fraction of sp³-hybridized carbons (Fsp3) is 0.133. The van der Waals surface area contributed by atoms with Gasteiger partial charge in [0.2, 0.25) is 0 Å². The number of aryl methyl sites for hydroxylation is 2. The Hall–Kier alpha value is -2.16. The number of carbonyl (C=O) groups is 1. The second kappa shape index (κ2) is 4.61. The van der Waals surface area contributed by atoms with Gasteiger partial charge in [0.15, 0.2) is 0 Å². The fourth-order valence-electron chi connectivity index (χ4n) is 1.93. The van der Waals surface area contributed by atoms with Gasteiger partial charge in [-0.15, -0.1) is 0 Å². The van der Waals surface area contributed by atoms with Gasteiger partial charge in [-0.05, 0) is 42.7 Å². The van der Waals surface area contributed by atoms with Crippen molar-refractivity contribution in [3.63, 3.8) is 0 Å². The summed E-state index contributed by atoms with van der Waals surface area (Å²) in [5, 5.41) is 0. The predicted molar refractivity (Wildman–Crippen MR) is 69.8 cm³/mol. The summed E-state index contributed by atoms with van der Waals surface area (Å²) in [6.45, 7) is 3.96. The fourth-order valence-corrected chi connectivity index (χ4v) is 1.93. The summed E-state index contributed by atoms with van der Waals surface area (Å²) in [6, 6.07) is 10.4. The number of carbonyl (C=O) groups excluding carboxylic acids is 1. The van der Waals surface area contributed by atoms with E-state index in [0.717, 1.165) is 22.3 Å². The number of hydrogen-bond acceptors (Lipinski definition) is 1. The summed E-state index contributed by atoms with van der Waals surface area (Å²) >= 11 is 0. The molecule has 0 fully saturated rings. The molecule has 0 heterocycles. The topological polar surface area (TPSA) is 43.1 Å². The van der Waals surface area contributed by atoms with Crippen LogP contribution in [0.4, 0.5) is 4.39 Å². The highest BCUT2D eigenvalue weighted by Gasteiger charge is 2.11. The Morgan fingerprint density at radius 3 is 2.50 bits per heavy atom. The molecule has 2 aromatic rings. The van der Waals surface area contributed by atoms with Crippen molar-refractivity contribution in [1.29, 1.82) is 0 Å². The summed E-state index contributed by atoms with van der Waals surface area (Å²) in [6.07, 6.45) is 0. The molecule has 0 aliphatic carbocycles. The maximum absolute atomic E-state index is 13.4. The lowest BCUT2D eigenvalue weighted by molar-refractivity contribution is 0.0996.